The summed E-state index contributed by atoms with van der Waals surface area (Å²) in [5.41, 5.74) is -0.949. The third kappa shape index (κ3) is 3.54. The lowest BCUT2D eigenvalue weighted by Gasteiger charge is -2.25. The molecule has 0 aromatic rings. The number of carbonyl (C=O) groups is 1. The first-order valence-corrected chi connectivity index (χ1v) is 7.85. The van der Waals surface area contributed by atoms with Crippen molar-refractivity contribution in [3.63, 3.8) is 0 Å². The van der Waals surface area contributed by atoms with Gasteiger partial charge < -0.3 is 14.4 Å². The van der Waals surface area contributed by atoms with Crippen molar-refractivity contribution in [3.05, 3.63) is 0 Å². The van der Waals surface area contributed by atoms with Gasteiger partial charge in [-0.2, -0.15) is 0 Å². The van der Waals surface area contributed by atoms with Crippen molar-refractivity contribution < 1.29 is 18.4 Å². The van der Waals surface area contributed by atoms with Crippen molar-refractivity contribution in [1.82, 2.24) is 10.3 Å². The number of hydrogen-bond acceptors (Lipinski definition) is 6. The number of amides is 2. The van der Waals surface area contributed by atoms with E-state index >= 15 is 0 Å². The van der Waals surface area contributed by atoms with E-state index in [0.29, 0.717) is 0 Å². The summed E-state index contributed by atoms with van der Waals surface area (Å²) < 4.78 is 22.6. The molecule has 1 aliphatic rings. The number of nitrogens with two attached hydrogens (primary N) is 1. The van der Waals surface area contributed by atoms with Crippen LogP contribution < -0.4 is 11.2 Å². The maximum Gasteiger partial charge on any atom is 0.338 e. The van der Waals surface area contributed by atoms with E-state index in [0.717, 1.165) is 5.01 Å². The number of amidine groups is 1. The van der Waals surface area contributed by atoms with Crippen LogP contribution in [0, 0.1) is 5.41 Å². The van der Waals surface area contributed by atoms with Crippen LogP contribution in [0.5, 0.6) is 0 Å². The fourth-order valence-electron chi connectivity index (χ4n) is 1.82. The molecule has 0 bridgehead atoms. The quantitative estimate of drug-likeness (QED) is 0.371. The van der Waals surface area contributed by atoms with Gasteiger partial charge in [-0.3, -0.25) is 9.97 Å². The zero-order valence-corrected chi connectivity index (χ0v) is 12.3. The normalized spacial score (nSPS) is 23.9. The van der Waals surface area contributed by atoms with Gasteiger partial charge in [-0.15, -0.1) is 0 Å². The molecule has 9 heteroatoms. The second kappa shape index (κ2) is 6.00. The highest BCUT2D eigenvalue weighted by Gasteiger charge is 2.44. The monoisotopic (exact) mass is 292 g/mol. The average Bonchev–Trinajstić information content (AvgIpc) is 2.53. The fraction of sp³-hybridized carbons (Fsp3) is 0.800. The standard InChI is InChI=1S/C10H21N4O4P/c1-4-17-19(16,18-5-2)7-6-10(3)8(11)14(12)9(15)13-10/h11H,4-7,12H2,1-3H3,(H,13,15). The van der Waals surface area contributed by atoms with Crippen molar-refractivity contribution in [3.8, 4) is 0 Å². The van der Waals surface area contributed by atoms with E-state index in [-0.39, 0.29) is 31.6 Å². The Kier molecular flexibility index (Phi) is 5.09. The zero-order chi connectivity index (χ0) is 14.7. The van der Waals surface area contributed by atoms with E-state index < -0.39 is 19.2 Å². The van der Waals surface area contributed by atoms with Crippen LogP contribution in [-0.4, -0.2) is 41.8 Å². The number of rotatable bonds is 7. The van der Waals surface area contributed by atoms with Gasteiger partial charge in [0.05, 0.1) is 24.9 Å². The van der Waals surface area contributed by atoms with Gasteiger partial charge in [-0.1, -0.05) is 0 Å². The predicted molar refractivity (Wildman–Crippen MR) is 71.0 cm³/mol. The van der Waals surface area contributed by atoms with Crippen molar-refractivity contribution >= 4 is 19.5 Å². The maximum atomic E-state index is 12.3. The molecule has 110 valence electrons. The van der Waals surface area contributed by atoms with Gasteiger partial charge in [0.15, 0.2) is 0 Å². The summed E-state index contributed by atoms with van der Waals surface area (Å²) in [5.74, 6) is 5.36. The first-order chi connectivity index (χ1) is 8.78. The molecule has 1 fully saturated rings. The number of hydrogen-bond donors (Lipinski definition) is 3. The highest BCUT2D eigenvalue weighted by molar-refractivity contribution is 7.53. The highest BCUT2D eigenvalue weighted by Crippen LogP contribution is 2.49. The van der Waals surface area contributed by atoms with E-state index in [9.17, 15) is 9.36 Å². The van der Waals surface area contributed by atoms with Crippen LogP contribution in [0.4, 0.5) is 4.79 Å². The second-order valence-corrected chi connectivity index (χ2v) is 6.59. The van der Waals surface area contributed by atoms with E-state index in [1.165, 1.54) is 0 Å². The molecule has 1 heterocycles. The van der Waals surface area contributed by atoms with Crippen molar-refractivity contribution in [1.29, 1.82) is 5.41 Å². The van der Waals surface area contributed by atoms with E-state index in [1.54, 1.807) is 20.8 Å². The lowest BCUT2D eigenvalue weighted by Crippen LogP contribution is -2.45. The first-order valence-electron chi connectivity index (χ1n) is 6.12. The van der Waals surface area contributed by atoms with Crippen LogP contribution in [0.15, 0.2) is 0 Å². The van der Waals surface area contributed by atoms with Crippen LogP contribution in [0.3, 0.4) is 0 Å². The van der Waals surface area contributed by atoms with Gasteiger partial charge >= 0.3 is 13.6 Å². The molecule has 8 nitrogen and oxygen atoms in total. The summed E-state index contributed by atoms with van der Waals surface area (Å²) in [6.45, 7) is 5.67. The topological polar surface area (TPSA) is 118 Å². The second-order valence-electron chi connectivity index (χ2n) is 4.40. The summed E-state index contributed by atoms with van der Waals surface area (Å²) in [7, 11) is -3.19. The van der Waals surface area contributed by atoms with Gasteiger partial charge in [0.25, 0.3) is 0 Å². The number of carbonyl (C=O) groups excluding carboxylic acids is 1. The summed E-state index contributed by atoms with van der Waals surface area (Å²) in [5, 5.41) is 11.1. The molecular weight excluding hydrogens is 271 g/mol. The molecule has 1 unspecified atom stereocenters. The molecule has 0 aliphatic carbocycles. The molecule has 1 saturated heterocycles. The molecule has 19 heavy (non-hydrogen) atoms. The van der Waals surface area contributed by atoms with Crippen LogP contribution in [0.2, 0.25) is 0 Å². The Hall–Kier alpha value is -0.950. The average molecular weight is 292 g/mol. The van der Waals surface area contributed by atoms with Crippen LogP contribution in [-0.2, 0) is 13.6 Å². The van der Waals surface area contributed by atoms with Gasteiger partial charge in [0, 0.05) is 0 Å². The Bertz CT molecular complexity index is 406. The molecule has 1 aliphatic heterocycles. The van der Waals surface area contributed by atoms with Crippen LogP contribution >= 0.6 is 7.60 Å². The number of nitrogens with one attached hydrogen (secondary N) is 2. The Morgan fingerprint density at radius 1 is 1.42 bits per heavy atom. The lowest BCUT2D eigenvalue weighted by atomic mass is 9.99. The third-order valence-corrected chi connectivity index (χ3v) is 4.98. The van der Waals surface area contributed by atoms with E-state index in [1.807, 2.05) is 0 Å². The van der Waals surface area contributed by atoms with Crippen LogP contribution in [0.25, 0.3) is 0 Å². The maximum absolute atomic E-state index is 12.3. The molecule has 0 aromatic carbocycles. The van der Waals surface area contributed by atoms with Gasteiger partial charge in [0.2, 0.25) is 0 Å². The summed E-state index contributed by atoms with van der Waals surface area (Å²) in [6, 6.07) is -0.546. The number of urea groups is 1. The molecule has 0 aromatic heterocycles. The molecule has 4 N–H and O–H groups in total. The van der Waals surface area contributed by atoms with E-state index in [4.69, 9.17) is 20.3 Å². The minimum absolute atomic E-state index is 0.0583. The van der Waals surface area contributed by atoms with Gasteiger partial charge in [0.1, 0.15) is 5.84 Å². The minimum atomic E-state index is -3.19. The third-order valence-electron chi connectivity index (χ3n) is 2.90. The predicted octanol–water partition coefficient (Wildman–Crippen LogP) is 1.28. The molecular formula is C10H21N4O4P. The Morgan fingerprint density at radius 3 is 2.32 bits per heavy atom. The van der Waals surface area contributed by atoms with Crippen molar-refractivity contribution in [2.45, 2.75) is 32.7 Å². The summed E-state index contributed by atoms with van der Waals surface area (Å²) in [4.78, 5) is 11.4. The SMILES string of the molecule is CCOP(=O)(CCC1(C)NC(=O)N(N)C1=N)OCC. The lowest BCUT2D eigenvalue weighted by molar-refractivity contribution is 0.216. The first kappa shape index (κ1) is 16.1. The van der Waals surface area contributed by atoms with Gasteiger partial charge in [-0.05, 0) is 27.2 Å². The summed E-state index contributed by atoms with van der Waals surface area (Å²) in [6.07, 6.45) is 0.365. The van der Waals surface area contributed by atoms with E-state index in [2.05, 4.69) is 5.32 Å². The van der Waals surface area contributed by atoms with Crippen LogP contribution in [0.1, 0.15) is 27.2 Å². The molecule has 0 radical (unpaired) electrons. The highest BCUT2D eigenvalue weighted by atomic mass is 31.2. The Labute approximate surface area is 112 Å². The smallest absolute Gasteiger partial charge is 0.324 e. The molecule has 1 atom stereocenters. The molecule has 1 rings (SSSR count). The van der Waals surface area contributed by atoms with Crippen molar-refractivity contribution in [2.24, 2.45) is 5.84 Å². The Balaban J connectivity index is 2.72. The minimum Gasteiger partial charge on any atom is -0.324 e. The zero-order valence-electron chi connectivity index (χ0n) is 11.4. The molecule has 0 spiro atoms. The largest absolute Gasteiger partial charge is 0.338 e. The molecule has 2 amide bonds. The van der Waals surface area contributed by atoms with Gasteiger partial charge in [-0.25, -0.2) is 15.6 Å². The fourth-order valence-corrected chi connectivity index (χ4v) is 3.66. The number of nitrogens with zero attached hydrogens (tertiary/aromatic N) is 1. The summed E-state index contributed by atoms with van der Waals surface area (Å²) >= 11 is 0. The van der Waals surface area contributed by atoms with Crippen molar-refractivity contribution in [2.75, 3.05) is 19.4 Å². The Morgan fingerprint density at radius 2 is 1.95 bits per heavy atom. The number of hydrazine groups is 1. The molecule has 0 saturated carbocycles.